The number of halogens is 8. The fourth-order valence-corrected chi connectivity index (χ4v) is 1.83. The highest BCUT2D eigenvalue weighted by atomic mass is 19.4. The fraction of sp³-hybridized carbons (Fsp3) is 0.455. The van der Waals surface area contributed by atoms with E-state index in [1.807, 2.05) is 0 Å². The largest absolute Gasteiger partial charge is 0.402 e. The molecule has 0 heterocycles. The van der Waals surface area contributed by atoms with E-state index in [9.17, 15) is 35.1 Å². The zero-order chi connectivity index (χ0) is 16.6. The van der Waals surface area contributed by atoms with Gasteiger partial charge in [0.05, 0.1) is 6.04 Å². The molecule has 1 rings (SSSR count). The zero-order valence-corrected chi connectivity index (χ0v) is 10.4. The Balaban J connectivity index is 3.45. The maximum Gasteiger partial charge on any atom is 0.402 e. The topological polar surface area (TPSA) is 38.0 Å². The highest BCUT2D eigenvalue weighted by molar-refractivity contribution is 5.28. The lowest BCUT2D eigenvalue weighted by molar-refractivity contribution is -0.293. The van der Waals surface area contributed by atoms with Gasteiger partial charge in [-0.15, -0.1) is 0 Å². The number of nitrogens with one attached hydrogen (secondary N) is 1. The van der Waals surface area contributed by atoms with Crippen LogP contribution in [-0.4, -0.2) is 12.4 Å². The highest BCUT2D eigenvalue weighted by Crippen LogP contribution is 2.46. The van der Waals surface area contributed by atoms with Crippen molar-refractivity contribution in [1.82, 2.24) is 5.43 Å². The first-order valence-corrected chi connectivity index (χ1v) is 5.45. The first-order chi connectivity index (χ1) is 9.41. The molecule has 0 spiro atoms. The van der Waals surface area contributed by atoms with Crippen molar-refractivity contribution in [3.05, 3.63) is 34.9 Å². The van der Waals surface area contributed by atoms with E-state index in [-0.39, 0.29) is 5.56 Å². The molecule has 0 aliphatic heterocycles. The molecule has 1 aromatic carbocycles. The summed E-state index contributed by atoms with van der Waals surface area (Å²) >= 11 is 0. The number of nitrogens with two attached hydrogens (primary N) is 1. The molecule has 120 valence electrons. The van der Waals surface area contributed by atoms with Crippen LogP contribution in [0, 0.1) is 24.5 Å². The van der Waals surface area contributed by atoms with Crippen LogP contribution in [0.2, 0.25) is 0 Å². The molecule has 1 aromatic rings. The average Bonchev–Trinajstić information content (AvgIpc) is 2.30. The van der Waals surface area contributed by atoms with E-state index in [4.69, 9.17) is 5.84 Å². The highest BCUT2D eigenvalue weighted by Gasteiger charge is 2.60. The Bertz CT molecular complexity index is 494. The van der Waals surface area contributed by atoms with Crippen LogP contribution in [0.25, 0.3) is 0 Å². The van der Waals surface area contributed by atoms with E-state index >= 15 is 0 Å². The number of alkyl halides is 6. The number of aryl methyl sites for hydroxylation is 1. The van der Waals surface area contributed by atoms with Crippen molar-refractivity contribution in [3.63, 3.8) is 0 Å². The fourth-order valence-electron chi connectivity index (χ4n) is 1.83. The predicted octanol–water partition coefficient (Wildman–Crippen LogP) is 3.52. The van der Waals surface area contributed by atoms with Gasteiger partial charge >= 0.3 is 12.4 Å². The van der Waals surface area contributed by atoms with E-state index in [0.717, 1.165) is 13.0 Å². The van der Waals surface area contributed by atoms with Gasteiger partial charge in [0.25, 0.3) is 0 Å². The summed E-state index contributed by atoms with van der Waals surface area (Å²) in [6.07, 6.45) is -11.5. The Labute approximate surface area is 113 Å². The molecule has 0 radical (unpaired) electrons. The molecular weight excluding hydrogens is 312 g/mol. The average molecular weight is 322 g/mol. The van der Waals surface area contributed by atoms with Gasteiger partial charge < -0.3 is 0 Å². The van der Waals surface area contributed by atoms with Crippen molar-refractivity contribution in [2.75, 3.05) is 0 Å². The minimum absolute atomic E-state index is 0.261. The van der Waals surface area contributed by atoms with Gasteiger partial charge in [0, 0.05) is 5.56 Å². The summed E-state index contributed by atoms with van der Waals surface area (Å²) in [4.78, 5) is 0. The second-order valence-electron chi connectivity index (χ2n) is 4.30. The van der Waals surface area contributed by atoms with Crippen molar-refractivity contribution in [1.29, 1.82) is 0 Å². The van der Waals surface area contributed by atoms with Crippen molar-refractivity contribution < 1.29 is 35.1 Å². The maximum atomic E-state index is 13.6. The van der Waals surface area contributed by atoms with Gasteiger partial charge in [0.15, 0.2) is 17.6 Å². The molecule has 10 heteroatoms. The van der Waals surface area contributed by atoms with Gasteiger partial charge in [-0.1, -0.05) is 12.1 Å². The molecular formula is C11H10F8N2. The minimum Gasteiger partial charge on any atom is -0.271 e. The minimum atomic E-state index is -5.75. The summed E-state index contributed by atoms with van der Waals surface area (Å²) in [6, 6.07) is -1.22. The molecule has 3 N–H and O–H groups in total. The Morgan fingerprint density at radius 2 is 1.43 bits per heavy atom. The summed E-state index contributed by atoms with van der Waals surface area (Å²) < 4.78 is 103. The lowest BCUT2D eigenvalue weighted by Gasteiger charge is -2.30. The van der Waals surface area contributed by atoms with Crippen LogP contribution in [0.15, 0.2) is 12.1 Å². The summed E-state index contributed by atoms with van der Waals surface area (Å²) in [6.45, 7) is 1.11. The Hall–Kier alpha value is -1.42. The molecule has 21 heavy (non-hydrogen) atoms. The maximum absolute atomic E-state index is 13.6. The quantitative estimate of drug-likeness (QED) is 0.508. The van der Waals surface area contributed by atoms with Gasteiger partial charge in [-0.2, -0.15) is 26.3 Å². The van der Waals surface area contributed by atoms with E-state index < -0.39 is 41.5 Å². The molecule has 0 saturated carbocycles. The van der Waals surface area contributed by atoms with E-state index in [0.29, 0.717) is 6.07 Å². The van der Waals surface area contributed by atoms with Gasteiger partial charge in [-0.3, -0.25) is 11.3 Å². The van der Waals surface area contributed by atoms with Crippen LogP contribution in [0.3, 0.4) is 0 Å². The number of hydrogen-bond acceptors (Lipinski definition) is 2. The molecule has 0 amide bonds. The first kappa shape index (κ1) is 17.6. The van der Waals surface area contributed by atoms with Crippen molar-refractivity contribution in [2.45, 2.75) is 25.3 Å². The molecule has 0 fully saturated rings. The van der Waals surface area contributed by atoms with E-state index in [1.54, 1.807) is 0 Å². The van der Waals surface area contributed by atoms with E-state index in [1.165, 1.54) is 5.43 Å². The first-order valence-electron chi connectivity index (χ1n) is 5.45. The summed E-state index contributed by atoms with van der Waals surface area (Å²) in [5, 5.41) is 0. The van der Waals surface area contributed by atoms with Crippen LogP contribution in [0.4, 0.5) is 35.1 Å². The van der Waals surface area contributed by atoms with Crippen LogP contribution in [0.5, 0.6) is 0 Å². The third kappa shape index (κ3) is 3.62. The Kier molecular flexibility index (Phi) is 4.83. The molecule has 0 bridgehead atoms. The van der Waals surface area contributed by atoms with Crippen molar-refractivity contribution in [3.8, 4) is 0 Å². The van der Waals surface area contributed by atoms with Gasteiger partial charge in [-0.05, 0) is 12.5 Å². The number of benzene rings is 1. The van der Waals surface area contributed by atoms with Gasteiger partial charge in [-0.25, -0.2) is 8.78 Å². The molecule has 2 nitrogen and oxygen atoms in total. The molecule has 1 unspecified atom stereocenters. The van der Waals surface area contributed by atoms with Crippen LogP contribution < -0.4 is 11.3 Å². The SMILES string of the molecule is Cc1ccc(C(NN)C(C(F)(F)F)C(F)(F)F)c(F)c1F. The van der Waals surface area contributed by atoms with E-state index in [2.05, 4.69) is 0 Å². The molecule has 0 aliphatic carbocycles. The van der Waals surface area contributed by atoms with Crippen molar-refractivity contribution >= 4 is 0 Å². The zero-order valence-electron chi connectivity index (χ0n) is 10.4. The van der Waals surface area contributed by atoms with Crippen LogP contribution in [0.1, 0.15) is 17.2 Å². The molecule has 0 saturated heterocycles. The second-order valence-corrected chi connectivity index (χ2v) is 4.30. The Morgan fingerprint density at radius 1 is 0.952 bits per heavy atom. The third-order valence-electron chi connectivity index (χ3n) is 2.86. The Morgan fingerprint density at radius 3 is 1.81 bits per heavy atom. The van der Waals surface area contributed by atoms with Gasteiger partial charge in [0.1, 0.15) is 0 Å². The second kappa shape index (κ2) is 5.76. The number of hydrogen-bond donors (Lipinski definition) is 2. The van der Waals surface area contributed by atoms with Crippen LogP contribution >= 0.6 is 0 Å². The number of hydrazine groups is 1. The normalized spacial score (nSPS) is 14.6. The molecule has 0 aromatic heterocycles. The number of rotatable bonds is 3. The standard InChI is InChI=1S/C11H10F8N2/c1-4-2-3-5(7(13)6(4)12)8(21-20)9(10(14,15)16)11(17,18)19/h2-3,8-9,21H,20H2,1H3. The summed E-state index contributed by atoms with van der Waals surface area (Å²) in [5.74, 6) is -2.60. The lowest BCUT2D eigenvalue weighted by atomic mass is 9.91. The molecule has 1 atom stereocenters. The third-order valence-corrected chi connectivity index (χ3v) is 2.86. The molecule has 0 aliphatic rings. The summed E-state index contributed by atoms with van der Waals surface area (Å²) in [7, 11) is 0. The van der Waals surface area contributed by atoms with Crippen molar-refractivity contribution in [2.24, 2.45) is 11.8 Å². The predicted molar refractivity (Wildman–Crippen MR) is 56.8 cm³/mol. The van der Waals surface area contributed by atoms with Gasteiger partial charge in [0.2, 0.25) is 0 Å². The monoisotopic (exact) mass is 322 g/mol. The lowest BCUT2D eigenvalue weighted by Crippen LogP contribution is -2.48. The summed E-state index contributed by atoms with van der Waals surface area (Å²) in [5.41, 5.74) is -0.142. The van der Waals surface area contributed by atoms with Crippen LogP contribution in [-0.2, 0) is 0 Å². The smallest absolute Gasteiger partial charge is 0.271 e.